The lowest BCUT2D eigenvalue weighted by molar-refractivity contribution is 0.614. The molecule has 1 heterocycles. The fraction of sp³-hybridized carbons (Fsp3) is 0.182. The Bertz CT molecular complexity index is 478. The molecule has 5 heteroatoms. The van der Waals surface area contributed by atoms with Gasteiger partial charge in [-0.25, -0.2) is 9.37 Å². The van der Waals surface area contributed by atoms with Crippen molar-refractivity contribution in [3.63, 3.8) is 0 Å². The molecule has 2 N–H and O–H groups in total. The van der Waals surface area contributed by atoms with E-state index in [9.17, 15) is 4.39 Å². The van der Waals surface area contributed by atoms with Gasteiger partial charge in [-0.1, -0.05) is 17.7 Å². The van der Waals surface area contributed by atoms with E-state index >= 15 is 0 Å². The molecule has 1 aromatic heterocycles. The summed E-state index contributed by atoms with van der Waals surface area (Å²) in [7, 11) is 0. The van der Waals surface area contributed by atoms with Crippen LogP contribution in [0.2, 0.25) is 5.02 Å². The van der Waals surface area contributed by atoms with E-state index in [-0.39, 0.29) is 5.82 Å². The summed E-state index contributed by atoms with van der Waals surface area (Å²) in [5.74, 6) is -0.294. The molecule has 0 aliphatic heterocycles. The van der Waals surface area contributed by atoms with Gasteiger partial charge >= 0.3 is 0 Å². The van der Waals surface area contributed by atoms with Gasteiger partial charge in [-0.3, -0.25) is 0 Å². The number of nitrogens with zero attached hydrogens (tertiary/aromatic N) is 1. The highest BCUT2D eigenvalue weighted by molar-refractivity contribution is 7.11. The second kappa shape index (κ2) is 4.91. The molecule has 16 heavy (non-hydrogen) atoms. The molecule has 1 aromatic carbocycles. The largest absolute Gasteiger partial charge is 0.326 e. The molecule has 0 saturated heterocycles. The molecule has 0 spiro atoms. The van der Waals surface area contributed by atoms with Crippen LogP contribution in [0.3, 0.4) is 0 Å². The maximum atomic E-state index is 13.5. The Morgan fingerprint density at radius 3 is 2.88 bits per heavy atom. The van der Waals surface area contributed by atoms with Gasteiger partial charge < -0.3 is 5.73 Å². The van der Waals surface area contributed by atoms with E-state index in [4.69, 9.17) is 17.3 Å². The summed E-state index contributed by atoms with van der Waals surface area (Å²) < 4.78 is 13.5. The number of halogens is 2. The van der Waals surface area contributed by atoms with Gasteiger partial charge in [0.25, 0.3) is 0 Å². The van der Waals surface area contributed by atoms with Crippen molar-refractivity contribution in [3.8, 4) is 0 Å². The number of hydrogen-bond acceptors (Lipinski definition) is 3. The minimum atomic E-state index is -0.294. The van der Waals surface area contributed by atoms with Gasteiger partial charge in [0.05, 0.1) is 5.01 Å². The van der Waals surface area contributed by atoms with Gasteiger partial charge in [0.2, 0.25) is 0 Å². The number of aromatic nitrogens is 1. The first-order valence-electron chi connectivity index (χ1n) is 4.77. The third kappa shape index (κ3) is 2.40. The monoisotopic (exact) mass is 256 g/mol. The number of thiazole rings is 1. The lowest BCUT2D eigenvalue weighted by Gasteiger charge is -2.02. The summed E-state index contributed by atoms with van der Waals surface area (Å²) in [6, 6.07) is 4.67. The fourth-order valence-electron chi connectivity index (χ4n) is 1.38. The van der Waals surface area contributed by atoms with Gasteiger partial charge in [-0.2, -0.15) is 0 Å². The zero-order valence-corrected chi connectivity index (χ0v) is 9.98. The minimum Gasteiger partial charge on any atom is -0.326 e. The van der Waals surface area contributed by atoms with Crippen molar-refractivity contribution >= 4 is 22.9 Å². The maximum Gasteiger partial charge on any atom is 0.128 e. The summed E-state index contributed by atoms with van der Waals surface area (Å²) in [5.41, 5.74) is 5.97. The average molecular weight is 257 g/mol. The third-order valence-corrected chi connectivity index (χ3v) is 3.57. The number of hydrogen-bond donors (Lipinski definition) is 1. The quantitative estimate of drug-likeness (QED) is 0.917. The van der Waals surface area contributed by atoms with E-state index < -0.39 is 0 Å². The van der Waals surface area contributed by atoms with Crippen molar-refractivity contribution in [2.24, 2.45) is 5.73 Å². The molecule has 0 bridgehead atoms. The van der Waals surface area contributed by atoms with Crippen LogP contribution in [0.5, 0.6) is 0 Å². The molecular weight excluding hydrogens is 247 g/mol. The van der Waals surface area contributed by atoms with Crippen LogP contribution < -0.4 is 5.73 Å². The Labute approximate surface area is 102 Å². The Morgan fingerprint density at radius 1 is 1.44 bits per heavy atom. The lowest BCUT2D eigenvalue weighted by Crippen LogP contribution is -1.93. The summed E-state index contributed by atoms with van der Waals surface area (Å²) in [4.78, 5) is 5.17. The van der Waals surface area contributed by atoms with Gasteiger partial charge in [0.15, 0.2) is 0 Å². The number of benzene rings is 1. The van der Waals surface area contributed by atoms with Crippen molar-refractivity contribution in [1.29, 1.82) is 0 Å². The molecule has 0 amide bonds. The predicted octanol–water partition coefficient (Wildman–Crippen LogP) is 2.99. The van der Waals surface area contributed by atoms with Gasteiger partial charge in [-0.05, 0) is 12.1 Å². The van der Waals surface area contributed by atoms with E-state index in [1.807, 2.05) is 0 Å². The van der Waals surface area contributed by atoms with Crippen LogP contribution in [0.1, 0.15) is 15.4 Å². The zero-order chi connectivity index (χ0) is 11.5. The molecule has 0 fully saturated rings. The zero-order valence-electron chi connectivity index (χ0n) is 8.41. The van der Waals surface area contributed by atoms with Crippen LogP contribution in [-0.4, -0.2) is 4.98 Å². The Balaban J connectivity index is 2.26. The number of nitrogens with two attached hydrogens (primary N) is 1. The van der Waals surface area contributed by atoms with Crippen LogP contribution in [0.25, 0.3) is 0 Å². The van der Waals surface area contributed by atoms with E-state index in [1.165, 1.54) is 17.4 Å². The van der Waals surface area contributed by atoms with Crippen LogP contribution in [0, 0.1) is 5.82 Å². The van der Waals surface area contributed by atoms with Crippen LogP contribution >= 0.6 is 22.9 Å². The normalized spacial score (nSPS) is 10.7. The second-order valence-electron chi connectivity index (χ2n) is 3.30. The van der Waals surface area contributed by atoms with E-state index in [0.717, 1.165) is 9.88 Å². The Kier molecular flexibility index (Phi) is 3.53. The molecule has 2 rings (SSSR count). The van der Waals surface area contributed by atoms with Gasteiger partial charge in [-0.15, -0.1) is 11.3 Å². The van der Waals surface area contributed by atoms with Crippen LogP contribution in [0.4, 0.5) is 4.39 Å². The SMILES string of the molecule is NCc1cnc(Cc2c(F)cccc2Cl)s1. The fourth-order valence-corrected chi connectivity index (χ4v) is 2.42. The van der Waals surface area contributed by atoms with Crippen molar-refractivity contribution < 1.29 is 4.39 Å². The highest BCUT2D eigenvalue weighted by Gasteiger charge is 2.10. The smallest absolute Gasteiger partial charge is 0.128 e. The second-order valence-corrected chi connectivity index (χ2v) is 4.91. The standard InChI is InChI=1S/C11H10ClFN2S/c12-9-2-1-3-10(13)8(9)4-11-15-6-7(5-14)16-11/h1-3,6H,4-5,14H2. The third-order valence-electron chi connectivity index (χ3n) is 2.19. The first kappa shape index (κ1) is 11.5. The van der Waals surface area contributed by atoms with Gasteiger partial charge in [0, 0.05) is 34.6 Å². The molecule has 0 aliphatic rings. The van der Waals surface area contributed by atoms with Gasteiger partial charge in [0.1, 0.15) is 5.82 Å². The molecule has 84 valence electrons. The van der Waals surface area contributed by atoms with E-state index in [1.54, 1.807) is 18.3 Å². The highest BCUT2D eigenvalue weighted by atomic mass is 35.5. The molecule has 0 atom stereocenters. The van der Waals surface area contributed by atoms with Crippen LogP contribution in [-0.2, 0) is 13.0 Å². The molecule has 0 aliphatic carbocycles. The first-order chi connectivity index (χ1) is 7.70. The summed E-state index contributed by atoms with van der Waals surface area (Å²) in [6.45, 7) is 0.461. The molecule has 2 nitrogen and oxygen atoms in total. The summed E-state index contributed by atoms with van der Waals surface area (Å²) in [6.07, 6.45) is 2.13. The van der Waals surface area contributed by atoms with Crippen molar-refractivity contribution in [2.75, 3.05) is 0 Å². The van der Waals surface area contributed by atoms with E-state index in [2.05, 4.69) is 4.98 Å². The van der Waals surface area contributed by atoms with Crippen molar-refractivity contribution in [1.82, 2.24) is 4.98 Å². The molecule has 0 unspecified atom stereocenters. The summed E-state index contributed by atoms with van der Waals surface area (Å²) >= 11 is 7.42. The molecule has 0 saturated carbocycles. The van der Waals surface area contributed by atoms with Crippen molar-refractivity contribution in [2.45, 2.75) is 13.0 Å². The lowest BCUT2D eigenvalue weighted by atomic mass is 10.1. The van der Waals surface area contributed by atoms with E-state index in [0.29, 0.717) is 23.6 Å². The summed E-state index contributed by atoms with van der Waals surface area (Å²) in [5, 5.41) is 1.26. The van der Waals surface area contributed by atoms with Crippen LogP contribution in [0.15, 0.2) is 24.4 Å². The topological polar surface area (TPSA) is 38.9 Å². The minimum absolute atomic E-state index is 0.294. The highest BCUT2D eigenvalue weighted by Crippen LogP contribution is 2.24. The average Bonchev–Trinajstić information content (AvgIpc) is 2.71. The number of rotatable bonds is 3. The Morgan fingerprint density at radius 2 is 2.25 bits per heavy atom. The first-order valence-corrected chi connectivity index (χ1v) is 5.96. The Hall–Kier alpha value is -0.970. The molecule has 0 radical (unpaired) electrons. The van der Waals surface area contributed by atoms with Crippen molar-refractivity contribution in [3.05, 3.63) is 50.7 Å². The molecular formula is C11H10ClFN2S. The molecule has 2 aromatic rings. The maximum absolute atomic E-state index is 13.5. The predicted molar refractivity (Wildman–Crippen MR) is 64.2 cm³/mol.